The molecule has 0 aromatic rings. The molecule has 15 heavy (non-hydrogen) atoms. The van der Waals surface area contributed by atoms with Crippen LogP contribution in [0, 0.1) is 0 Å². The second-order valence-corrected chi connectivity index (χ2v) is 5.83. The van der Waals surface area contributed by atoms with E-state index < -0.39 is 5.97 Å². The molecule has 3 nitrogen and oxygen atoms in total. The van der Waals surface area contributed by atoms with Crippen molar-refractivity contribution in [2.75, 3.05) is 12.3 Å². The number of carbonyl (C=O) groups is 1. The van der Waals surface area contributed by atoms with Gasteiger partial charge in [0.15, 0.2) is 0 Å². The van der Waals surface area contributed by atoms with E-state index in [-0.39, 0.29) is 6.54 Å². The number of carboxylic acids is 1. The van der Waals surface area contributed by atoms with E-state index in [0.29, 0.717) is 17.3 Å². The zero-order valence-electron chi connectivity index (χ0n) is 9.77. The quantitative estimate of drug-likeness (QED) is 0.786. The van der Waals surface area contributed by atoms with E-state index >= 15 is 0 Å². The van der Waals surface area contributed by atoms with Crippen molar-refractivity contribution in [3.8, 4) is 0 Å². The van der Waals surface area contributed by atoms with Crippen LogP contribution in [0.4, 0.5) is 0 Å². The van der Waals surface area contributed by atoms with Crippen LogP contribution in [0.15, 0.2) is 0 Å². The molecular weight excluding hydrogens is 210 g/mol. The van der Waals surface area contributed by atoms with Gasteiger partial charge in [-0.2, -0.15) is 11.8 Å². The van der Waals surface area contributed by atoms with Crippen molar-refractivity contribution in [3.05, 3.63) is 0 Å². The maximum absolute atomic E-state index is 10.8. The predicted molar refractivity (Wildman–Crippen MR) is 64.4 cm³/mol. The number of thioether (sulfide) groups is 1. The highest BCUT2D eigenvalue weighted by molar-refractivity contribution is 8.00. The Bertz CT molecular complexity index is 223. The lowest BCUT2D eigenvalue weighted by atomic mass is 10.1. The van der Waals surface area contributed by atoms with Crippen molar-refractivity contribution in [3.63, 3.8) is 0 Å². The number of hydrogen-bond donors (Lipinski definition) is 1. The molecule has 1 saturated heterocycles. The Labute approximate surface area is 96.2 Å². The molecule has 0 aromatic carbocycles. The molecule has 1 fully saturated rings. The van der Waals surface area contributed by atoms with E-state index in [1.807, 2.05) is 11.8 Å². The molecule has 4 heteroatoms. The van der Waals surface area contributed by atoms with Gasteiger partial charge in [0.1, 0.15) is 0 Å². The molecule has 1 aliphatic rings. The summed E-state index contributed by atoms with van der Waals surface area (Å²) in [6.45, 7) is 6.65. The molecule has 1 aliphatic heterocycles. The third-order valence-electron chi connectivity index (χ3n) is 3.12. The van der Waals surface area contributed by atoms with E-state index in [4.69, 9.17) is 5.11 Å². The molecule has 0 spiro atoms. The van der Waals surface area contributed by atoms with Crippen molar-refractivity contribution >= 4 is 17.7 Å². The van der Waals surface area contributed by atoms with Crippen LogP contribution in [0.1, 0.15) is 33.6 Å². The van der Waals surface area contributed by atoms with Crippen molar-refractivity contribution in [1.29, 1.82) is 0 Å². The van der Waals surface area contributed by atoms with Crippen LogP contribution in [0.3, 0.4) is 0 Å². The maximum Gasteiger partial charge on any atom is 0.317 e. The Kier molecular flexibility index (Phi) is 4.93. The van der Waals surface area contributed by atoms with Gasteiger partial charge >= 0.3 is 5.97 Å². The third kappa shape index (κ3) is 3.68. The van der Waals surface area contributed by atoms with Crippen LogP contribution in [0.25, 0.3) is 0 Å². The minimum Gasteiger partial charge on any atom is -0.480 e. The first-order valence-electron chi connectivity index (χ1n) is 5.63. The summed E-state index contributed by atoms with van der Waals surface area (Å²) >= 11 is 1.95. The molecule has 0 aromatic heterocycles. The lowest BCUT2D eigenvalue weighted by Gasteiger charge is -2.32. The van der Waals surface area contributed by atoms with Crippen LogP contribution in [-0.2, 0) is 4.79 Å². The highest BCUT2D eigenvalue weighted by Gasteiger charge is 2.30. The summed E-state index contributed by atoms with van der Waals surface area (Å²) in [4.78, 5) is 13.0. The molecule has 0 saturated carbocycles. The third-order valence-corrected chi connectivity index (χ3v) is 4.46. The highest BCUT2D eigenvalue weighted by Crippen LogP contribution is 2.30. The monoisotopic (exact) mass is 231 g/mol. The van der Waals surface area contributed by atoms with Gasteiger partial charge in [-0.15, -0.1) is 0 Å². The van der Waals surface area contributed by atoms with E-state index in [9.17, 15) is 4.79 Å². The predicted octanol–water partition coefficient (Wildman–Crippen LogP) is 2.07. The van der Waals surface area contributed by atoms with Gasteiger partial charge in [0.2, 0.25) is 0 Å². The summed E-state index contributed by atoms with van der Waals surface area (Å²) in [5.41, 5.74) is 0. The number of aliphatic carboxylic acids is 1. The van der Waals surface area contributed by atoms with E-state index in [1.165, 1.54) is 0 Å². The Balaban J connectivity index is 2.59. The smallest absolute Gasteiger partial charge is 0.317 e. The SMILES string of the molecule is CCC(C)N(CC(=O)O)C1CSC(C)C1. The second-order valence-electron chi connectivity index (χ2n) is 4.36. The van der Waals surface area contributed by atoms with Crippen molar-refractivity contribution < 1.29 is 9.90 Å². The van der Waals surface area contributed by atoms with Crippen molar-refractivity contribution in [1.82, 2.24) is 4.90 Å². The lowest BCUT2D eigenvalue weighted by Crippen LogP contribution is -2.44. The Morgan fingerprint density at radius 2 is 2.33 bits per heavy atom. The molecule has 0 bridgehead atoms. The fourth-order valence-electron chi connectivity index (χ4n) is 2.06. The first-order chi connectivity index (χ1) is 7.04. The number of hydrogen-bond acceptors (Lipinski definition) is 3. The minimum absolute atomic E-state index is 0.187. The average Bonchev–Trinajstić information content (AvgIpc) is 2.59. The second kappa shape index (κ2) is 5.75. The van der Waals surface area contributed by atoms with Crippen LogP contribution in [0.5, 0.6) is 0 Å². The molecule has 0 radical (unpaired) electrons. The Hall–Kier alpha value is -0.220. The molecule has 0 amide bonds. The fraction of sp³-hybridized carbons (Fsp3) is 0.909. The van der Waals surface area contributed by atoms with Crippen molar-refractivity contribution in [2.45, 2.75) is 50.9 Å². The topological polar surface area (TPSA) is 40.5 Å². The molecule has 0 aliphatic carbocycles. The highest BCUT2D eigenvalue weighted by atomic mass is 32.2. The van der Waals surface area contributed by atoms with Crippen molar-refractivity contribution in [2.24, 2.45) is 0 Å². The molecule has 1 rings (SSSR count). The van der Waals surface area contributed by atoms with Gasteiger partial charge in [0.05, 0.1) is 6.54 Å². The van der Waals surface area contributed by atoms with Gasteiger partial charge in [-0.1, -0.05) is 13.8 Å². The van der Waals surface area contributed by atoms with Gasteiger partial charge in [-0.25, -0.2) is 0 Å². The first kappa shape index (κ1) is 12.8. The van der Waals surface area contributed by atoms with Gasteiger partial charge in [-0.3, -0.25) is 9.69 Å². The van der Waals surface area contributed by atoms with Gasteiger partial charge in [0, 0.05) is 23.1 Å². The summed E-state index contributed by atoms with van der Waals surface area (Å²) in [6, 6.07) is 0.827. The summed E-state index contributed by atoms with van der Waals surface area (Å²) < 4.78 is 0. The Morgan fingerprint density at radius 1 is 1.67 bits per heavy atom. The minimum atomic E-state index is -0.708. The first-order valence-corrected chi connectivity index (χ1v) is 6.68. The van der Waals surface area contributed by atoms with Crippen LogP contribution >= 0.6 is 11.8 Å². The summed E-state index contributed by atoms with van der Waals surface area (Å²) in [7, 11) is 0. The number of carboxylic acid groups (broad SMARTS) is 1. The zero-order valence-corrected chi connectivity index (χ0v) is 10.6. The summed E-state index contributed by atoms with van der Waals surface area (Å²) in [6.07, 6.45) is 2.14. The molecular formula is C11H21NO2S. The molecule has 88 valence electrons. The van der Waals surface area contributed by atoms with Crippen LogP contribution in [-0.4, -0.2) is 45.6 Å². The van der Waals surface area contributed by atoms with E-state index in [1.54, 1.807) is 0 Å². The van der Waals surface area contributed by atoms with E-state index in [2.05, 4.69) is 25.7 Å². The Morgan fingerprint density at radius 3 is 2.73 bits per heavy atom. The van der Waals surface area contributed by atoms with Gasteiger partial charge in [-0.05, 0) is 19.8 Å². The zero-order chi connectivity index (χ0) is 11.4. The van der Waals surface area contributed by atoms with Gasteiger partial charge in [0.25, 0.3) is 0 Å². The number of nitrogens with zero attached hydrogens (tertiary/aromatic N) is 1. The molecule has 1 heterocycles. The van der Waals surface area contributed by atoms with E-state index in [0.717, 1.165) is 18.6 Å². The molecule has 1 N–H and O–H groups in total. The van der Waals surface area contributed by atoms with Gasteiger partial charge < -0.3 is 5.11 Å². The summed E-state index contributed by atoms with van der Waals surface area (Å²) in [5.74, 6) is 0.374. The normalized spacial score (nSPS) is 28.3. The number of rotatable bonds is 5. The fourth-order valence-corrected chi connectivity index (χ4v) is 3.30. The molecule has 3 unspecified atom stereocenters. The van der Waals surface area contributed by atoms with Crippen LogP contribution in [0.2, 0.25) is 0 Å². The average molecular weight is 231 g/mol. The summed E-state index contributed by atoms with van der Waals surface area (Å²) in [5, 5.41) is 9.58. The lowest BCUT2D eigenvalue weighted by molar-refractivity contribution is -0.139. The maximum atomic E-state index is 10.8. The molecule has 3 atom stereocenters. The largest absolute Gasteiger partial charge is 0.480 e. The van der Waals surface area contributed by atoms with Crippen LogP contribution < -0.4 is 0 Å². The standard InChI is InChI=1S/C11H21NO2S/c1-4-8(2)12(6-11(13)14)10-5-9(3)15-7-10/h8-10H,4-7H2,1-3H3,(H,13,14).